The predicted octanol–water partition coefficient (Wildman–Crippen LogP) is 4.70. The topological polar surface area (TPSA) is 45.0 Å². The molecule has 0 amide bonds. The Morgan fingerprint density at radius 1 is 1.20 bits per heavy atom. The monoisotopic (exact) mass is 394 g/mol. The second-order valence-corrected chi connectivity index (χ2v) is 5.81. The lowest BCUT2D eigenvalue weighted by molar-refractivity contribution is 0.416. The average molecular weight is 396 g/mol. The number of halogens is 2. The third-order valence-electron chi connectivity index (χ3n) is 2.82. The summed E-state index contributed by atoms with van der Waals surface area (Å²) < 4.78 is 7.30. The van der Waals surface area contributed by atoms with Gasteiger partial charge in [-0.1, -0.05) is 12.1 Å². The van der Waals surface area contributed by atoms with E-state index in [1.54, 1.807) is 19.2 Å². The maximum absolute atomic E-state index is 9.16. The molecule has 0 spiro atoms. The summed E-state index contributed by atoms with van der Waals surface area (Å²) in [6.07, 6.45) is 0. The van der Waals surface area contributed by atoms with Gasteiger partial charge >= 0.3 is 0 Å². The summed E-state index contributed by atoms with van der Waals surface area (Å²) in [5.74, 6) is 0.667. The van der Waals surface area contributed by atoms with Gasteiger partial charge in [-0.05, 0) is 61.7 Å². The van der Waals surface area contributed by atoms with E-state index in [0.717, 1.165) is 20.2 Å². The van der Waals surface area contributed by atoms with Crippen LogP contribution in [0.2, 0.25) is 0 Å². The summed E-state index contributed by atoms with van der Waals surface area (Å²) in [6, 6.07) is 13.6. The molecule has 2 aromatic rings. The molecule has 0 saturated heterocycles. The summed E-state index contributed by atoms with van der Waals surface area (Å²) in [6.45, 7) is 0.612. The molecule has 0 bridgehead atoms. The van der Waals surface area contributed by atoms with Crippen molar-refractivity contribution >= 4 is 37.5 Å². The van der Waals surface area contributed by atoms with Crippen molar-refractivity contribution in [1.29, 1.82) is 5.26 Å². The Hall–Kier alpha value is -1.51. The van der Waals surface area contributed by atoms with E-state index in [4.69, 9.17) is 10.00 Å². The van der Waals surface area contributed by atoms with Gasteiger partial charge in [0.1, 0.15) is 11.8 Å². The molecule has 20 heavy (non-hydrogen) atoms. The smallest absolute Gasteiger partial charge is 0.143 e. The van der Waals surface area contributed by atoms with Gasteiger partial charge in [0, 0.05) is 15.5 Å². The van der Waals surface area contributed by atoms with Crippen molar-refractivity contribution in [2.75, 3.05) is 12.4 Å². The maximum Gasteiger partial charge on any atom is 0.143 e. The first-order valence-electron chi connectivity index (χ1n) is 5.90. The van der Waals surface area contributed by atoms with Gasteiger partial charge in [-0.15, -0.1) is 0 Å². The van der Waals surface area contributed by atoms with Gasteiger partial charge in [0.05, 0.1) is 18.4 Å². The van der Waals surface area contributed by atoms with E-state index in [1.807, 2.05) is 24.3 Å². The van der Waals surface area contributed by atoms with Crippen molar-refractivity contribution in [3.8, 4) is 11.8 Å². The molecule has 5 heteroatoms. The fourth-order valence-electron chi connectivity index (χ4n) is 1.82. The number of hydrogen-bond donors (Lipinski definition) is 1. The van der Waals surface area contributed by atoms with Gasteiger partial charge in [-0.25, -0.2) is 0 Å². The SMILES string of the molecule is COc1cccc(C#N)c1NCc1ccc(Br)c(Br)c1. The molecule has 0 saturated carbocycles. The summed E-state index contributed by atoms with van der Waals surface area (Å²) in [5.41, 5.74) is 2.40. The maximum atomic E-state index is 9.16. The third kappa shape index (κ3) is 3.33. The molecule has 0 aliphatic heterocycles. The van der Waals surface area contributed by atoms with Crippen molar-refractivity contribution in [3.63, 3.8) is 0 Å². The van der Waals surface area contributed by atoms with Gasteiger partial charge in [-0.3, -0.25) is 0 Å². The second-order valence-electron chi connectivity index (χ2n) is 4.10. The minimum Gasteiger partial charge on any atom is -0.495 e. The molecule has 0 atom stereocenters. The summed E-state index contributed by atoms with van der Waals surface area (Å²) in [7, 11) is 1.60. The number of nitrogens with zero attached hydrogens (tertiary/aromatic N) is 1. The lowest BCUT2D eigenvalue weighted by Crippen LogP contribution is -2.03. The highest BCUT2D eigenvalue weighted by molar-refractivity contribution is 9.13. The van der Waals surface area contributed by atoms with Crippen LogP contribution in [0.3, 0.4) is 0 Å². The minimum absolute atomic E-state index is 0.570. The third-order valence-corrected chi connectivity index (χ3v) is 4.70. The Kier molecular flexibility index (Phi) is 5.05. The number of ether oxygens (including phenoxy) is 1. The van der Waals surface area contributed by atoms with Crippen LogP contribution in [0, 0.1) is 11.3 Å². The number of para-hydroxylation sites is 1. The molecule has 0 fully saturated rings. The first-order valence-corrected chi connectivity index (χ1v) is 7.49. The van der Waals surface area contributed by atoms with Crippen LogP contribution in [-0.4, -0.2) is 7.11 Å². The number of benzene rings is 2. The van der Waals surface area contributed by atoms with Crippen LogP contribution in [0.5, 0.6) is 5.75 Å². The lowest BCUT2D eigenvalue weighted by atomic mass is 10.1. The number of hydrogen-bond acceptors (Lipinski definition) is 3. The molecule has 0 heterocycles. The van der Waals surface area contributed by atoms with Crippen LogP contribution < -0.4 is 10.1 Å². The summed E-state index contributed by atoms with van der Waals surface area (Å²) in [4.78, 5) is 0. The standard InChI is InChI=1S/C15H12Br2N2O/c1-20-14-4-2-3-11(8-18)15(14)19-9-10-5-6-12(16)13(17)7-10/h2-7,19H,9H2,1H3. The average Bonchev–Trinajstić information content (AvgIpc) is 2.48. The summed E-state index contributed by atoms with van der Waals surface area (Å²) in [5, 5.41) is 12.4. The fraction of sp³-hybridized carbons (Fsp3) is 0.133. The van der Waals surface area contributed by atoms with E-state index >= 15 is 0 Å². The number of methoxy groups -OCH3 is 1. The lowest BCUT2D eigenvalue weighted by Gasteiger charge is -2.13. The zero-order valence-corrected chi connectivity index (χ0v) is 14.0. The van der Waals surface area contributed by atoms with E-state index in [2.05, 4.69) is 43.2 Å². The number of anilines is 1. The first-order chi connectivity index (χ1) is 9.65. The molecule has 0 radical (unpaired) electrons. The van der Waals surface area contributed by atoms with Crippen LogP contribution >= 0.6 is 31.9 Å². The van der Waals surface area contributed by atoms with Gasteiger partial charge in [-0.2, -0.15) is 5.26 Å². The van der Waals surface area contributed by atoms with Gasteiger partial charge in [0.2, 0.25) is 0 Å². The molecule has 0 aliphatic rings. The molecular weight excluding hydrogens is 384 g/mol. The molecule has 2 aromatic carbocycles. The summed E-state index contributed by atoms with van der Waals surface area (Å²) >= 11 is 6.92. The van der Waals surface area contributed by atoms with Crippen LogP contribution in [0.25, 0.3) is 0 Å². The molecule has 3 nitrogen and oxygen atoms in total. The molecule has 102 valence electrons. The van der Waals surface area contributed by atoms with Gasteiger partial charge < -0.3 is 10.1 Å². The number of nitriles is 1. The Bertz CT molecular complexity index is 665. The number of rotatable bonds is 4. The zero-order chi connectivity index (χ0) is 14.5. The fourth-order valence-corrected chi connectivity index (χ4v) is 2.49. The largest absolute Gasteiger partial charge is 0.495 e. The normalized spacial score (nSPS) is 9.90. The van der Waals surface area contributed by atoms with Gasteiger partial charge in [0.15, 0.2) is 0 Å². The van der Waals surface area contributed by atoms with Crippen LogP contribution in [-0.2, 0) is 6.54 Å². The van der Waals surface area contributed by atoms with Crippen molar-refractivity contribution < 1.29 is 4.74 Å². The van der Waals surface area contributed by atoms with Crippen molar-refractivity contribution in [2.45, 2.75) is 6.54 Å². The highest BCUT2D eigenvalue weighted by Gasteiger charge is 2.08. The van der Waals surface area contributed by atoms with E-state index in [9.17, 15) is 0 Å². The molecule has 1 N–H and O–H groups in total. The molecular formula is C15H12Br2N2O. The molecule has 0 unspecified atom stereocenters. The van der Waals surface area contributed by atoms with Crippen LogP contribution in [0.4, 0.5) is 5.69 Å². The Labute approximate surface area is 134 Å². The molecule has 2 rings (SSSR count). The minimum atomic E-state index is 0.570. The molecule has 0 aromatic heterocycles. The van der Waals surface area contributed by atoms with E-state index in [1.165, 1.54) is 0 Å². The predicted molar refractivity (Wildman–Crippen MR) is 86.9 cm³/mol. The van der Waals surface area contributed by atoms with E-state index in [0.29, 0.717) is 17.9 Å². The zero-order valence-electron chi connectivity index (χ0n) is 10.8. The highest BCUT2D eigenvalue weighted by atomic mass is 79.9. The van der Waals surface area contributed by atoms with E-state index in [-0.39, 0.29) is 0 Å². The quantitative estimate of drug-likeness (QED) is 0.815. The van der Waals surface area contributed by atoms with E-state index < -0.39 is 0 Å². The van der Waals surface area contributed by atoms with Crippen molar-refractivity contribution in [2.24, 2.45) is 0 Å². The number of nitrogens with one attached hydrogen (secondary N) is 1. The molecule has 0 aliphatic carbocycles. The highest BCUT2D eigenvalue weighted by Crippen LogP contribution is 2.29. The van der Waals surface area contributed by atoms with Crippen molar-refractivity contribution in [3.05, 3.63) is 56.5 Å². The van der Waals surface area contributed by atoms with Crippen molar-refractivity contribution in [1.82, 2.24) is 0 Å². The van der Waals surface area contributed by atoms with Crippen LogP contribution in [0.15, 0.2) is 45.3 Å². The second kappa shape index (κ2) is 6.78. The van der Waals surface area contributed by atoms with Gasteiger partial charge in [0.25, 0.3) is 0 Å². The van der Waals surface area contributed by atoms with Crippen LogP contribution in [0.1, 0.15) is 11.1 Å². The first kappa shape index (κ1) is 14.9. The Morgan fingerprint density at radius 2 is 2.00 bits per heavy atom. The Morgan fingerprint density at radius 3 is 2.65 bits per heavy atom. The Balaban J connectivity index is 2.22.